The molecule has 0 spiro atoms. The first-order valence-corrected chi connectivity index (χ1v) is 13.9. The molecule has 1 aromatic heterocycles. The van der Waals surface area contributed by atoms with Crippen molar-refractivity contribution in [1.29, 1.82) is 0 Å². The summed E-state index contributed by atoms with van der Waals surface area (Å²) < 4.78 is 25.7. The third-order valence-electron chi connectivity index (χ3n) is 6.07. The van der Waals surface area contributed by atoms with E-state index < -0.39 is 34.6 Å². The lowest BCUT2D eigenvalue weighted by atomic mass is 9.90. The Balaban J connectivity index is 2.06. The summed E-state index contributed by atoms with van der Waals surface area (Å²) in [6.45, 7) is 4.04. The quantitative estimate of drug-likeness (QED) is 0.178. The molecule has 0 radical (unpaired) electrons. The van der Waals surface area contributed by atoms with Crippen molar-refractivity contribution in [3.63, 3.8) is 0 Å². The molecule has 0 bridgehead atoms. The van der Waals surface area contributed by atoms with E-state index >= 15 is 4.39 Å². The number of thiophene rings is 1. The molecule has 38 heavy (non-hydrogen) atoms. The topological polar surface area (TPSA) is 90.0 Å². The highest BCUT2D eigenvalue weighted by molar-refractivity contribution is 7.11. The van der Waals surface area contributed by atoms with Crippen LogP contribution >= 0.6 is 22.9 Å². The summed E-state index contributed by atoms with van der Waals surface area (Å²) in [6.07, 6.45) is 4.11. The van der Waals surface area contributed by atoms with Crippen LogP contribution in [-0.2, 0) is 30.3 Å². The zero-order valence-electron chi connectivity index (χ0n) is 21.5. The Bertz CT molecular complexity index is 1210. The lowest BCUT2D eigenvalue weighted by Gasteiger charge is -2.25. The van der Waals surface area contributed by atoms with Crippen molar-refractivity contribution < 1.29 is 33.0 Å². The van der Waals surface area contributed by atoms with Crippen molar-refractivity contribution in [1.82, 2.24) is 0 Å². The maximum Gasteiger partial charge on any atom is 0.334 e. The van der Waals surface area contributed by atoms with Crippen LogP contribution in [0.15, 0.2) is 41.5 Å². The lowest BCUT2D eigenvalue weighted by molar-refractivity contribution is -0.142. The molecule has 0 saturated carbocycles. The average Bonchev–Trinajstić information content (AvgIpc) is 3.19. The first-order valence-electron chi connectivity index (χ1n) is 12.7. The van der Waals surface area contributed by atoms with Gasteiger partial charge in [-0.3, -0.25) is 14.4 Å². The second kappa shape index (κ2) is 14.2. The van der Waals surface area contributed by atoms with Gasteiger partial charge in [0.1, 0.15) is 5.69 Å². The largest absolute Gasteiger partial charge is 0.466 e. The number of halogens is 2. The molecule has 2 aromatic rings. The van der Waals surface area contributed by atoms with E-state index in [0.29, 0.717) is 41.9 Å². The summed E-state index contributed by atoms with van der Waals surface area (Å²) in [5.74, 6) is -2.85. The van der Waals surface area contributed by atoms with Gasteiger partial charge in [-0.1, -0.05) is 49.6 Å². The molecule has 0 atom stereocenters. The maximum absolute atomic E-state index is 15.4. The van der Waals surface area contributed by atoms with Crippen LogP contribution in [-0.4, -0.2) is 37.0 Å². The Kier molecular flexibility index (Phi) is 11.0. The minimum Gasteiger partial charge on any atom is -0.466 e. The summed E-state index contributed by atoms with van der Waals surface area (Å²) in [4.78, 5) is 53.4. The standard InChI is InChI=1S/C28H31ClFNO6S/c1-3-5-11-16-37-28(35)20-15-10-9-14-19(20)27(34)31(26(33)18-12-7-6-8-13-18)24-23(29)21(38-25(24)30)17-22(32)36-4-2/h6-8,12-13H,3-5,9-11,14-17H2,1-2H3. The molecule has 0 fully saturated rings. The van der Waals surface area contributed by atoms with Crippen LogP contribution in [0.5, 0.6) is 0 Å². The van der Waals surface area contributed by atoms with Gasteiger partial charge in [0.2, 0.25) is 5.13 Å². The van der Waals surface area contributed by atoms with Gasteiger partial charge >= 0.3 is 11.9 Å². The molecule has 3 rings (SSSR count). The number of carbonyl (C=O) groups is 4. The minimum absolute atomic E-state index is 0.106. The summed E-state index contributed by atoms with van der Waals surface area (Å²) in [6, 6.07) is 7.94. The Hall–Kier alpha value is -3.04. The lowest BCUT2D eigenvalue weighted by Crippen LogP contribution is -2.40. The first kappa shape index (κ1) is 29.5. The molecule has 1 aromatic carbocycles. The number of benzene rings is 1. The first-order chi connectivity index (χ1) is 18.3. The molecule has 1 aliphatic carbocycles. The van der Waals surface area contributed by atoms with E-state index in [-0.39, 0.29) is 52.7 Å². The smallest absolute Gasteiger partial charge is 0.334 e. The van der Waals surface area contributed by atoms with E-state index in [1.165, 1.54) is 12.1 Å². The van der Waals surface area contributed by atoms with E-state index in [1.807, 2.05) is 6.92 Å². The number of hydrogen-bond acceptors (Lipinski definition) is 7. The van der Waals surface area contributed by atoms with Gasteiger partial charge in [-0.05, 0) is 51.2 Å². The number of nitrogens with zero attached hydrogens (tertiary/aromatic N) is 1. The Labute approximate surface area is 230 Å². The fraction of sp³-hybridized carbons (Fsp3) is 0.429. The molecule has 7 nitrogen and oxygen atoms in total. The highest BCUT2D eigenvalue weighted by atomic mass is 35.5. The van der Waals surface area contributed by atoms with E-state index in [4.69, 9.17) is 21.1 Å². The molecule has 1 aliphatic rings. The fourth-order valence-corrected chi connectivity index (χ4v) is 5.46. The number of rotatable bonds is 11. The van der Waals surface area contributed by atoms with Crippen molar-refractivity contribution in [2.45, 2.75) is 65.2 Å². The van der Waals surface area contributed by atoms with Crippen LogP contribution in [0.3, 0.4) is 0 Å². The highest BCUT2D eigenvalue weighted by Crippen LogP contribution is 2.41. The number of esters is 2. The number of imide groups is 1. The van der Waals surface area contributed by atoms with Crippen LogP contribution in [0.25, 0.3) is 0 Å². The highest BCUT2D eigenvalue weighted by Gasteiger charge is 2.37. The normalized spacial score (nSPS) is 13.3. The molecule has 2 amide bonds. The molecule has 1 heterocycles. The number of amides is 2. The van der Waals surface area contributed by atoms with Crippen molar-refractivity contribution in [3.05, 3.63) is 62.1 Å². The summed E-state index contributed by atoms with van der Waals surface area (Å²) in [5, 5.41) is -1.12. The molecule has 0 aliphatic heterocycles. The zero-order valence-corrected chi connectivity index (χ0v) is 23.1. The monoisotopic (exact) mass is 563 g/mol. The van der Waals surface area contributed by atoms with E-state index in [0.717, 1.165) is 12.8 Å². The van der Waals surface area contributed by atoms with Crippen molar-refractivity contribution in [2.24, 2.45) is 0 Å². The van der Waals surface area contributed by atoms with E-state index in [2.05, 4.69) is 0 Å². The van der Waals surface area contributed by atoms with Crippen LogP contribution in [0.1, 0.15) is 74.0 Å². The van der Waals surface area contributed by atoms with Gasteiger partial charge in [0.15, 0.2) is 0 Å². The summed E-state index contributed by atoms with van der Waals surface area (Å²) in [7, 11) is 0. The molecule has 204 valence electrons. The zero-order chi connectivity index (χ0) is 27.7. The van der Waals surface area contributed by atoms with Crippen LogP contribution in [0, 0.1) is 5.13 Å². The molecule has 0 unspecified atom stereocenters. The van der Waals surface area contributed by atoms with Gasteiger partial charge in [0.05, 0.1) is 24.7 Å². The molecule has 0 saturated heterocycles. The Morgan fingerprint density at radius 1 is 0.974 bits per heavy atom. The van der Waals surface area contributed by atoms with Crippen molar-refractivity contribution in [2.75, 3.05) is 18.1 Å². The van der Waals surface area contributed by atoms with Crippen LogP contribution in [0.2, 0.25) is 5.02 Å². The number of ether oxygens (including phenoxy) is 2. The van der Waals surface area contributed by atoms with Gasteiger partial charge in [0.25, 0.3) is 11.8 Å². The van der Waals surface area contributed by atoms with Gasteiger partial charge < -0.3 is 9.47 Å². The molecule has 10 heteroatoms. The van der Waals surface area contributed by atoms with Crippen LogP contribution < -0.4 is 4.90 Å². The van der Waals surface area contributed by atoms with Gasteiger partial charge in [-0.2, -0.15) is 4.39 Å². The Morgan fingerprint density at radius 3 is 2.32 bits per heavy atom. The number of unbranched alkanes of at least 4 members (excludes halogenated alkanes) is 2. The number of anilines is 1. The predicted molar refractivity (Wildman–Crippen MR) is 144 cm³/mol. The third kappa shape index (κ3) is 7.08. The third-order valence-corrected chi connectivity index (χ3v) is 7.55. The van der Waals surface area contributed by atoms with E-state index in [1.54, 1.807) is 25.1 Å². The summed E-state index contributed by atoms with van der Waals surface area (Å²) in [5.41, 5.74) is -0.00475. The summed E-state index contributed by atoms with van der Waals surface area (Å²) >= 11 is 7.06. The van der Waals surface area contributed by atoms with Crippen molar-refractivity contribution >= 4 is 52.4 Å². The van der Waals surface area contributed by atoms with E-state index in [9.17, 15) is 19.2 Å². The number of hydrogen-bond donors (Lipinski definition) is 0. The molecule has 0 N–H and O–H groups in total. The second-order valence-corrected chi connectivity index (χ2v) is 10.2. The van der Waals surface area contributed by atoms with Gasteiger partial charge in [0, 0.05) is 21.6 Å². The molecular weight excluding hydrogens is 533 g/mol. The maximum atomic E-state index is 15.4. The fourth-order valence-electron chi connectivity index (χ4n) is 4.17. The number of carbonyl (C=O) groups excluding carboxylic acids is 4. The van der Waals surface area contributed by atoms with Crippen molar-refractivity contribution in [3.8, 4) is 0 Å². The van der Waals surface area contributed by atoms with Gasteiger partial charge in [-0.15, -0.1) is 11.3 Å². The molecular formula is C28H31ClFNO6S. The predicted octanol–water partition coefficient (Wildman–Crippen LogP) is 6.42. The van der Waals surface area contributed by atoms with Gasteiger partial charge in [-0.25, -0.2) is 9.69 Å². The second-order valence-electron chi connectivity index (χ2n) is 8.76. The van der Waals surface area contributed by atoms with Crippen LogP contribution in [0.4, 0.5) is 10.1 Å². The minimum atomic E-state index is -0.896. The Morgan fingerprint density at radius 2 is 1.66 bits per heavy atom. The SMILES string of the molecule is CCCCCOC(=O)C1=C(C(=O)N(C(=O)c2ccccc2)c2c(F)sc(CC(=O)OCC)c2Cl)CCCC1. The average molecular weight is 564 g/mol.